The molecule has 3 aromatic rings. The van der Waals surface area contributed by atoms with E-state index >= 15 is 0 Å². The van der Waals surface area contributed by atoms with E-state index in [4.69, 9.17) is 4.42 Å². The number of benzene rings is 1. The zero-order chi connectivity index (χ0) is 17.6. The van der Waals surface area contributed by atoms with Crippen LogP contribution in [0.2, 0.25) is 0 Å². The summed E-state index contributed by atoms with van der Waals surface area (Å²) in [6, 6.07) is 7.15. The summed E-state index contributed by atoms with van der Waals surface area (Å²) in [7, 11) is -3.75. The summed E-state index contributed by atoms with van der Waals surface area (Å²) < 4.78 is 46.7. The first-order valence-corrected chi connectivity index (χ1v) is 10.1. The van der Waals surface area contributed by atoms with Crippen molar-refractivity contribution in [1.82, 2.24) is 4.98 Å². The maximum Gasteiger partial charge on any atom is 0.271 e. The Bertz CT molecular complexity index is 1040. The normalized spacial score (nSPS) is 14.6. The smallest absolute Gasteiger partial charge is 0.271 e. The topological polar surface area (TPSA) is 72.2 Å². The van der Waals surface area contributed by atoms with E-state index in [-0.39, 0.29) is 4.21 Å². The third-order valence-electron chi connectivity index (χ3n) is 3.97. The zero-order valence-electron chi connectivity index (χ0n) is 13.3. The Balaban J connectivity index is 1.59. The largest absolute Gasteiger partial charge is 0.440 e. The molecule has 1 fully saturated rings. The molecule has 5 nitrogen and oxygen atoms in total. The van der Waals surface area contributed by atoms with E-state index in [0.29, 0.717) is 33.7 Å². The molecule has 0 aliphatic heterocycles. The van der Waals surface area contributed by atoms with Crippen molar-refractivity contribution in [2.75, 3.05) is 4.72 Å². The Morgan fingerprint density at radius 2 is 2.08 bits per heavy atom. The van der Waals surface area contributed by atoms with Crippen molar-refractivity contribution < 1.29 is 17.2 Å². The van der Waals surface area contributed by atoms with Gasteiger partial charge in [0.05, 0.1) is 16.8 Å². The van der Waals surface area contributed by atoms with Crippen molar-refractivity contribution in [3.05, 3.63) is 53.8 Å². The quantitative estimate of drug-likeness (QED) is 0.708. The van der Waals surface area contributed by atoms with Crippen LogP contribution >= 0.6 is 11.3 Å². The molecule has 4 rings (SSSR count). The van der Waals surface area contributed by atoms with Gasteiger partial charge in [-0.2, -0.15) is 0 Å². The summed E-state index contributed by atoms with van der Waals surface area (Å²) in [5.74, 6) is 1.29. The first-order chi connectivity index (χ1) is 11.9. The van der Waals surface area contributed by atoms with Crippen molar-refractivity contribution in [2.45, 2.75) is 29.9 Å². The Morgan fingerprint density at radius 1 is 1.28 bits per heavy atom. The van der Waals surface area contributed by atoms with Crippen molar-refractivity contribution >= 4 is 27.0 Å². The van der Waals surface area contributed by atoms with E-state index in [0.717, 1.165) is 24.2 Å². The van der Waals surface area contributed by atoms with Crippen molar-refractivity contribution in [3.63, 3.8) is 0 Å². The predicted molar refractivity (Wildman–Crippen MR) is 93.7 cm³/mol. The summed E-state index contributed by atoms with van der Waals surface area (Å²) in [5.41, 5.74) is 0.872. The van der Waals surface area contributed by atoms with Crippen LogP contribution in [0.3, 0.4) is 0 Å². The lowest BCUT2D eigenvalue weighted by Gasteiger charge is -2.09. The number of hydrogen-bond donors (Lipinski definition) is 1. The maximum absolute atomic E-state index is 13.2. The van der Waals surface area contributed by atoms with Gasteiger partial charge in [-0.15, -0.1) is 11.3 Å². The van der Waals surface area contributed by atoms with E-state index in [1.807, 2.05) is 0 Å². The highest BCUT2D eigenvalue weighted by Crippen LogP contribution is 2.41. The number of sulfonamides is 1. The lowest BCUT2D eigenvalue weighted by molar-refractivity contribution is 0.510. The van der Waals surface area contributed by atoms with Crippen LogP contribution in [-0.4, -0.2) is 13.4 Å². The number of oxazole rings is 1. The molecule has 0 spiro atoms. The molecule has 2 heterocycles. The van der Waals surface area contributed by atoms with Crippen LogP contribution in [0, 0.1) is 12.7 Å². The lowest BCUT2D eigenvalue weighted by Crippen LogP contribution is -2.12. The Hall–Kier alpha value is -2.19. The number of anilines is 1. The number of nitrogens with one attached hydrogen (secondary N) is 1. The average molecular weight is 378 g/mol. The average Bonchev–Trinajstić information content (AvgIpc) is 3.09. The molecule has 0 saturated heterocycles. The zero-order valence-corrected chi connectivity index (χ0v) is 15.0. The lowest BCUT2D eigenvalue weighted by atomic mass is 10.2. The second-order valence-corrected chi connectivity index (χ2v) is 9.01. The number of rotatable bonds is 5. The molecule has 130 valence electrons. The number of thiophene rings is 1. The number of hydrogen-bond acceptors (Lipinski definition) is 5. The van der Waals surface area contributed by atoms with Crippen LogP contribution in [-0.2, 0) is 10.0 Å². The fourth-order valence-electron chi connectivity index (χ4n) is 2.45. The molecule has 1 N–H and O–H groups in total. The van der Waals surface area contributed by atoms with Gasteiger partial charge in [0.15, 0.2) is 11.7 Å². The molecule has 2 aromatic heterocycles. The second kappa shape index (κ2) is 5.96. The molecular formula is C17H15FN2O3S2. The van der Waals surface area contributed by atoms with Crippen LogP contribution in [0.1, 0.15) is 30.2 Å². The number of nitrogens with zero attached hydrogens (tertiary/aromatic N) is 1. The van der Waals surface area contributed by atoms with Crippen LogP contribution < -0.4 is 4.72 Å². The van der Waals surface area contributed by atoms with Gasteiger partial charge >= 0.3 is 0 Å². The molecule has 0 unspecified atom stereocenters. The fourth-order valence-corrected chi connectivity index (χ4v) is 4.84. The molecule has 1 aliphatic rings. The summed E-state index contributed by atoms with van der Waals surface area (Å²) in [6.45, 7) is 1.65. The van der Waals surface area contributed by atoms with Gasteiger partial charge in [-0.1, -0.05) is 0 Å². The molecule has 1 aromatic carbocycles. The van der Waals surface area contributed by atoms with Crippen molar-refractivity contribution in [1.29, 1.82) is 0 Å². The van der Waals surface area contributed by atoms with Gasteiger partial charge in [-0.3, -0.25) is 4.72 Å². The highest BCUT2D eigenvalue weighted by molar-refractivity contribution is 7.94. The predicted octanol–water partition coefficient (Wildman–Crippen LogP) is 4.53. The summed E-state index contributed by atoms with van der Waals surface area (Å²) in [4.78, 5) is 4.96. The monoisotopic (exact) mass is 378 g/mol. The van der Waals surface area contributed by atoms with Gasteiger partial charge < -0.3 is 4.42 Å². The first kappa shape index (κ1) is 16.3. The molecule has 0 atom stereocenters. The molecule has 8 heteroatoms. The Morgan fingerprint density at radius 3 is 2.80 bits per heavy atom. The van der Waals surface area contributed by atoms with Gasteiger partial charge in [0.25, 0.3) is 10.0 Å². The number of aromatic nitrogens is 1. The van der Waals surface area contributed by atoms with Gasteiger partial charge in [-0.25, -0.2) is 17.8 Å². The maximum atomic E-state index is 13.2. The SMILES string of the molecule is Cc1cc(F)ccc1NS(=O)(=O)c1ccc(-c2cnc(C3CC3)o2)s1. The molecule has 0 bridgehead atoms. The molecule has 1 aliphatic carbocycles. The molecule has 25 heavy (non-hydrogen) atoms. The minimum absolute atomic E-state index is 0.163. The van der Waals surface area contributed by atoms with E-state index < -0.39 is 15.8 Å². The van der Waals surface area contributed by atoms with E-state index in [1.54, 1.807) is 19.2 Å². The van der Waals surface area contributed by atoms with Gasteiger partial charge in [-0.05, 0) is 55.7 Å². The van der Waals surface area contributed by atoms with Gasteiger partial charge in [0.2, 0.25) is 0 Å². The summed E-state index contributed by atoms with van der Waals surface area (Å²) in [5, 5.41) is 0. The van der Waals surface area contributed by atoms with E-state index in [1.165, 1.54) is 24.3 Å². The summed E-state index contributed by atoms with van der Waals surface area (Å²) >= 11 is 1.11. The van der Waals surface area contributed by atoms with Gasteiger partial charge in [0, 0.05) is 5.92 Å². The van der Waals surface area contributed by atoms with Crippen LogP contribution in [0.15, 0.2) is 45.2 Å². The van der Waals surface area contributed by atoms with Gasteiger partial charge in [0.1, 0.15) is 10.0 Å². The highest BCUT2D eigenvalue weighted by atomic mass is 32.2. The third kappa shape index (κ3) is 3.32. The molecular weight excluding hydrogens is 363 g/mol. The van der Waals surface area contributed by atoms with E-state index in [9.17, 15) is 12.8 Å². The minimum Gasteiger partial charge on any atom is -0.440 e. The number of halogens is 1. The summed E-state index contributed by atoms with van der Waals surface area (Å²) in [6.07, 6.45) is 3.81. The fraction of sp³-hybridized carbons (Fsp3) is 0.235. The second-order valence-electron chi connectivity index (χ2n) is 6.02. The Kier molecular flexibility index (Phi) is 3.88. The number of aryl methyl sites for hydroxylation is 1. The molecule has 0 radical (unpaired) electrons. The minimum atomic E-state index is -3.75. The third-order valence-corrected chi connectivity index (χ3v) is 6.93. The first-order valence-electron chi connectivity index (χ1n) is 7.77. The molecule has 1 saturated carbocycles. The van der Waals surface area contributed by atoms with E-state index in [2.05, 4.69) is 9.71 Å². The van der Waals surface area contributed by atoms with Crippen LogP contribution in [0.4, 0.5) is 10.1 Å². The standard InChI is InChI=1S/C17H15FN2O3S2/c1-10-8-12(18)4-5-13(10)20-25(21,22)16-7-6-15(24-16)14-9-19-17(23-14)11-2-3-11/h4-9,11,20H,2-3H2,1H3. The van der Waals surface area contributed by atoms with Crippen LogP contribution in [0.25, 0.3) is 10.6 Å². The van der Waals surface area contributed by atoms with Crippen molar-refractivity contribution in [2.24, 2.45) is 0 Å². The van der Waals surface area contributed by atoms with Crippen molar-refractivity contribution in [3.8, 4) is 10.6 Å². The molecule has 0 amide bonds. The highest BCUT2D eigenvalue weighted by Gasteiger charge is 2.29. The Labute approximate surface area is 148 Å². The van der Waals surface area contributed by atoms with Crippen LogP contribution in [0.5, 0.6) is 0 Å².